The maximum atomic E-state index is 12.9. The number of aliphatic imine (C=N–C) groups is 1. The van der Waals surface area contributed by atoms with E-state index in [4.69, 9.17) is 0 Å². The van der Waals surface area contributed by atoms with Crippen LogP contribution in [0.4, 0.5) is 11.4 Å². The van der Waals surface area contributed by atoms with Crippen molar-refractivity contribution in [1.29, 1.82) is 0 Å². The molecule has 1 amide bonds. The van der Waals surface area contributed by atoms with E-state index in [9.17, 15) is 4.79 Å². The number of amides is 1. The first-order chi connectivity index (χ1) is 8.83. The summed E-state index contributed by atoms with van der Waals surface area (Å²) in [6.45, 7) is 8.36. The average molecular weight is 258 g/mol. The van der Waals surface area contributed by atoms with Gasteiger partial charge in [0.05, 0.1) is 16.8 Å². The molecule has 1 aromatic carbocycles. The molecule has 2 rings (SSSR count). The summed E-state index contributed by atoms with van der Waals surface area (Å²) in [4.78, 5) is 19.3. The molecule has 1 unspecified atom stereocenters. The molecule has 102 valence electrons. The van der Waals surface area contributed by atoms with Gasteiger partial charge in [-0.3, -0.25) is 9.79 Å². The van der Waals surface area contributed by atoms with E-state index in [0.717, 1.165) is 17.8 Å². The molecule has 1 aliphatic heterocycles. The van der Waals surface area contributed by atoms with E-state index in [2.05, 4.69) is 32.7 Å². The quantitative estimate of drug-likeness (QED) is 0.754. The van der Waals surface area contributed by atoms with Gasteiger partial charge in [0, 0.05) is 13.3 Å². The molecule has 0 saturated carbocycles. The fourth-order valence-corrected chi connectivity index (χ4v) is 2.79. The number of hydrogen-bond acceptors (Lipinski definition) is 2. The van der Waals surface area contributed by atoms with Gasteiger partial charge in [0.25, 0.3) is 0 Å². The second kappa shape index (κ2) is 4.48. The van der Waals surface area contributed by atoms with Crippen LogP contribution >= 0.6 is 0 Å². The maximum Gasteiger partial charge on any atom is 0.238 e. The molecule has 0 radical (unpaired) electrons. The molecular weight excluding hydrogens is 236 g/mol. The lowest BCUT2D eigenvalue weighted by atomic mass is 9.65. The Morgan fingerprint density at radius 3 is 2.47 bits per heavy atom. The van der Waals surface area contributed by atoms with E-state index in [0.29, 0.717) is 0 Å². The van der Waals surface area contributed by atoms with Crippen molar-refractivity contribution in [2.45, 2.75) is 34.1 Å². The lowest BCUT2D eigenvalue weighted by molar-refractivity contribution is -0.128. The third-order valence-electron chi connectivity index (χ3n) is 4.25. The summed E-state index contributed by atoms with van der Waals surface area (Å²) < 4.78 is 0. The number of carbonyl (C=O) groups excluding carboxylic acids is 1. The lowest BCUT2D eigenvalue weighted by Gasteiger charge is -2.41. The molecule has 19 heavy (non-hydrogen) atoms. The molecule has 0 N–H and O–H groups in total. The second-order valence-electron chi connectivity index (χ2n) is 6.19. The Kier molecular flexibility index (Phi) is 3.25. The van der Waals surface area contributed by atoms with Gasteiger partial charge in [-0.25, -0.2) is 0 Å². The molecule has 0 aliphatic carbocycles. The highest BCUT2D eigenvalue weighted by atomic mass is 16.2. The topological polar surface area (TPSA) is 32.7 Å². The summed E-state index contributed by atoms with van der Waals surface area (Å²) in [6, 6.07) is 7.78. The van der Waals surface area contributed by atoms with Crippen molar-refractivity contribution in [2.24, 2.45) is 15.8 Å². The van der Waals surface area contributed by atoms with Crippen molar-refractivity contribution >= 4 is 23.5 Å². The van der Waals surface area contributed by atoms with Crippen LogP contribution in [0.15, 0.2) is 29.3 Å². The number of anilines is 1. The number of fused-ring (bicyclic) bond motifs is 1. The summed E-state index contributed by atoms with van der Waals surface area (Å²) >= 11 is 0. The van der Waals surface area contributed by atoms with Crippen molar-refractivity contribution in [3.05, 3.63) is 24.3 Å². The Morgan fingerprint density at radius 2 is 1.89 bits per heavy atom. The standard InChI is InChI=1S/C16H22N2O/c1-6-16(15(2,3)4)11-17-12-9-7-8-10-13(12)18(5)14(16)19/h7-11H,6H2,1-5H3. The van der Waals surface area contributed by atoms with Crippen LogP contribution in [0.5, 0.6) is 0 Å². The van der Waals surface area contributed by atoms with E-state index < -0.39 is 5.41 Å². The highest BCUT2D eigenvalue weighted by Gasteiger charge is 2.48. The highest BCUT2D eigenvalue weighted by Crippen LogP contribution is 2.45. The van der Waals surface area contributed by atoms with Gasteiger partial charge in [0.15, 0.2) is 0 Å². The van der Waals surface area contributed by atoms with Gasteiger partial charge in [-0.15, -0.1) is 0 Å². The van der Waals surface area contributed by atoms with Gasteiger partial charge < -0.3 is 4.90 Å². The van der Waals surface area contributed by atoms with Crippen LogP contribution < -0.4 is 4.90 Å². The zero-order chi connectivity index (χ0) is 14.3. The van der Waals surface area contributed by atoms with Crippen molar-refractivity contribution in [1.82, 2.24) is 0 Å². The van der Waals surface area contributed by atoms with Crippen LogP contribution in [-0.2, 0) is 4.79 Å². The van der Waals surface area contributed by atoms with Crippen LogP contribution in [0.3, 0.4) is 0 Å². The molecule has 0 saturated heterocycles. The zero-order valence-electron chi connectivity index (χ0n) is 12.4. The summed E-state index contributed by atoms with van der Waals surface area (Å²) in [5.41, 5.74) is 1.01. The van der Waals surface area contributed by atoms with Gasteiger partial charge in [0.2, 0.25) is 5.91 Å². The number of hydrogen-bond donors (Lipinski definition) is 0. The van der Waals surface area contributed by atoms with E-state index in [1.165, 1.54) is 0 Å². The number of rotatable bonds is 1. The fraction of sp³-hybridized carbons (Fsp3) is 0.500. The molecule has 0 aromatic heterocycles. The first kappa shape index (κ1) is 13.8. The van der Waals surface area contributed by atoms with Gasteiger partial charge in [-0.1, -0.05) is 39.8 Å². The van der Waals surface area contributed by atoms with E-state index >= 15 is 0 Å². The molecule has 0 fully saturated rings. The lowest BCUT2D eigenvalue weighted by Crippen LogP contribution is -2.50. The summed E-state index contributed by atoms with van der Waals surface area (Å²) in [7, 11) is 1.84. The first-order valence-electron chi connectivity index (χ1n) is 6.76. The number of carbonyl (C=O) groups is 1. The number of nitrogens with zero attached hydrogens (tertiary/aromatic N) is 2. The maximum absolute atomic E-state index is 12.9. The van der Waals surface area contributed by atoms with Gasteiger partial charge >= 0.3 is 0 Å². The molecule has 0 spiro atoms. The van der Waals surface area contributed by atoms with Crippen LogP contribution in [0.25, 0.3) is 0 Å². The fourth-order valence-electron chi connectivity index (χ4n) is 2.79. The minimum absolute atomic E-state index is 0.121. The Bertz CT molecular complexity index is 528. The number of benzene rings is 1. The smallest absolute Gasteiger partial charge is 0.238 e. The van der Waals surface area contributed by atoms with Crippen LogP contribution in [0.1, 0.15) is 34.1 Å². The highest BCUT2D eigenvalue weighted by molar-refractivity contribution is 6.11. The first-order valence-corrected chi connectivity index (χ1v) is 6.76. The SMILES string of the molecule is CCC1(C(C)(C)C)C=Nc2ccccc2N(C)C1=O. The molecule has 1 aliphatic rings. The Balaban J connectivity index is 2.63. The van der Waals surface area contributed by atoms with Gasteiger partial charge in [0.1, 0.15) is 0 Å². The monoisotopic (exact) mass is 258 g/mol. The summed E-state index contributed by atoms with van der Waals surface area (Å²) in [5.74, 6) is 0.121. The molecule has 1 atom stereocenters. The largest absolute Gasteiger partial charge is 0.313 e. The molecule has 3 heteroatoms. The van der Waals surface area contributed by atoms with Crippen molar-refractivity contribution in [3.8, 4) is 0 Å². The predicted molar refractivity (Wildman–Crippen MR) is 80.2 cm³/mol. The minimum atomic E-state index is -0.555. The number of para-hydroxylation sites is 2. The van der Waals surface area contributed by atoms with E-state index in [-0.39, 0.29) is 11.3 Å². The summed E-state index contributed by atoms with van der Waals surface area (Å²) in [6.07, 6.45) is 2.61. The zero-order valence-corrected chi connectivity index (χ0v) is 12.4. The van der Waals surface area contributed by atoms with Crippen LogP contribution in [-0.4, -0.2) is 19.2 Å². The van der Waals surface area contributed by atoms with Crippen molar-refractivity contribution < 1.29 is 4.79 Å². The van der Waals surface area contributed by atoms with E-state index in [1.54, 1.807) is 4.90 Å². The van der Waals surface area contributed by atoms with Gasteiger partial charge in [-0.05, 0) is 24.0 Å². The third kappa shape index (κ3) is 1.97. The second-order valence-corrected chi connectivity index (χ2v) is 6.19. The molecule has 1 heterocycles. The van der Waals surface area contributed by atoms with E-state index in [1.807, 2.05) is 37.5 Å². The Hall–Kier alpha value is -1.64. The molecule has 0 bridgehead atoms. The van der Waals surface area contributed by atoms with Crippen LogP contribution in [0.2, 0.25) is 0 Å². The summed E-state index contributed by atoms with van der Waals surface area (Å²) in [5, 5.41) is 0. The third-order valence-corrected chi connectivity index (χ3v) is 4.25. The van der Waals surface area contributed by atoms with Gasteiger partial charge in [-0.2, -0.15) is 0 Å². The van der Waals surface area contributed by atoms with Crippen molar-refractivity contribution in [2.75, 3.05) is 11.9 Å². The minimum Gasteiger partial charge on any atom is -0.313 e. The normalized spacial score (nSPS) is 23.2. The van der Waals surface area contributed by atoms with Crippen LogP contribution in [0, 0.1) is 10.8 Å². The average Bonchev–Trinajstić information content (AvgIpc) is 2.47. The van der Waals surface area contributed by atoms with Crippen molar-refractivity contribution in [3.63, 3.8) is 0 Å². The molecular formula is C16H22N2O. The Labute approximate surface area is 115 Å². The molecule has 1 aromatic rings. The molecule has 3 nitrogen and oxygen atoms in total. The predicted octanol–water partition coefficient (Wildman–Crippen LogP) is 3.81. The Morgan fingerprint density at radius 1 is 1.26 bits per heavy atom.